The maximum atomic E-state index is 4.46. The molecular weight excluding hydrogens is 266 g/mol. The number of hydrogen-bond donors (Lipinski definition) is 0. The molecule has 3 nitrogen and oxygen atoms in total. The van der Waals surface area contributed by atoms with E-state index in [2.05, 4.69) is 43.3 Å². The van der Waals surface area contributed by atoms with Crippen molar-refractivity contribution in [2.45, 2.75) is 12.8 Å². The van der Waals surface area contributed by atoms with E-state index in [1.54, 1.807) is 0 Å². The Hall–Kier alpha value is 1.13. The van der Waals surface area contributed by atoms with Gasteiger partial charge in [0.1, 0.15) is 0 Å². The average Bonchev–Trinajstić information content (AvgIpc) is 2.01. The van der Waals surface area contributed by atoms with Crippen LogP contribution in [-0.2, 0) is 0 Å². The van der Waals surface area contributed by atoms with Crippen molar-refractivity contribution in [1.82, 2.24) is 9.80 Å². The van der Waals surface area contributed by atoms with Crippen LogP contribution in [0.5, 0.6) is 0 Å². The summed E-state index contributed by atoms with van der Waals surface area (Å²) in [6.45, 7) is 4.34. The van der Waals surface area contributed by atoms with Gasteiger partial charge in [0, 0.05) is 0 Å². The Morgan fingerprint density at radius 1 is 0.800 bits per heavy atom. The van der Waals surface area contributed by atoms with Gasteiger partial charge < -0.3 is 32.1 Å². The Labute approximate surface area is 122 Å². The van der Waals surface area contributed by atoms with Crippen LogP contribution in [0.15, 0.2) is 0 Å². The van der Waals surface area contributed by atoms with E-state index in [0.717, 1.165) is 26.2 Å². The van der Waals surface area contributed by atoms with Gasteiger partial charge in [-0.1, -0.05) is 12.8 Å². The van der Waals surface area contributed by atoms with Gasteiger partial charge in [0.05, 0.1) is 0 Å². The van der Waals surface area contributed by atoms with Crippen molar-refractivity contribution < 1.29 is 17.0 Å². The first-order chi connectivity index (χ1) is 6.13. The quantitative estimate of drug-likeness (QED) is 0.377. The van der Waals surface area contributed by atoms with E-state index in [-0.39, 0.29) is 40.0 Å². The summed E-state index contributed by atoms with van der Waals surface area (Å²) in [5.41, 5.74) is 0. The van der Waals surface area contributed by atoms with Gasteiger partial charge in [0.15, 0.2) is 0 Å². The molecule has 0 aromatic heterocycles. The van der Waals surface area contributed by atoms with E-state index < -0.39 is 0 Å². The molecule has 0 spiro atoms. The molecule has 88 valence electrons. The maximum absolute atomic E-state index is 4.46. The normalized spacial score (nSPS) is 10.0. The van der Waals surface area contributed by atoms with Crippen LogP contribution in [0.3, 0.4) is 0 Å². The number of hydrogen-bond acceptors (Lipinski definition) is 2. The van der Waals surface area contributed by atoms with Crippen molar-refractivity contribution in [1.29, 1.82) is 0 Å². The topological polar surface area (TPSA) is 20.6 Å². The van der Waals surface area contributed by atoms with E-state index in [4.69, 9.17) is 0 Å². The van der Waals surface area contributed by atoms with Crippen molar-refractivity contribution in [2.75, 3.05) is 54.4 Å². The van der Waals surface area contributed by atoms with Gasteiger partial charge in [-0.2, -0.15) is 0 Å². The Morgan fingerprint density at radius 2 is 1.13 bits per heavy atom. The van der Waals surface area contributed by atoms with E-state index >= 15 is 0 Å². The van der Waals surface area contributed by atoms with E-state index in [0.29, 0.717) is 0 Å². The zero-order chi connectivity index (χ0) is 10.1. The molecule has 0 saturated carbocycles. The van der Waals surface area contributed by atoms with Crippen molar-refractivity contribution in [3.63, 3.8) is 0 Å². The SMILES string of the molecule is CN(C)CCC[N-]CCCN(C)C.[Br-].[Mg+2]. The molecule has 0 fully saturated rings. The van der Waals surface area contributed by atoms with Gasteiger partial charge in [-0.15, -0.1) is 13.1 Å². The molecule has 0 aliphatic carbocycles. The monoisotopic (exact) mass is 289 g/mol. The smallest absolute Gasteiger partial charge is 1.00 e. The molecule has 5 heteroatoms. The molecule has 0 amide bonds. The summed E-state index contributed by atoms with van der Waals surface area (Å²) in [5, 5.41) is 4.46. The molecule has 0 bridgehead atoms. The second-order valence-electron chi connectivity index (χ2n) is 3.98. The summed E-state index contributed by atoms with van der Waals surface area (Å²) >= 11 is 0. The standard InChI is InChI=1S/C10H24N3.BrH.Mg/c1-12(2)9-5-7-11-8-6-10-13(3)4;;/h5-10H2,1-4H3;1H;/q-1;;+2/p-1. The van der Waals surface area contributed by atoms with Gasteiger partial charge in [0.25, 0.3) is 0 Å². The minimum absolute atomic E-state index is 0. The summed E-state index contributed by atoms with van der Waals surface area (Å²) in [5.74, 6) is 0. The molecule has 0 aromatic carbocycles. The fourth-order valence-electron chi connectivity index (χ4n) is 1.11. The average molecular weight is 291 g/mol. The maximum Gasteiger partial charge on any atom is 2.00 e. The van der Waals surface area contributed by atoms with Crippen LogP contribution in [0.1, 0.15) is 12.8 Å². The number of rotatable bonds is 8. The molecule has 0 saturated heterocycles. The second-order valence-corrected chi connectivity index (χ2v) is 3.98. The van der Waals surface area contributed by atoms with E-state index in [9.17, 15) is 0 Å². The fourth-order valence-corrected chi connectivity index (χ4v) is 1.11. The molecule has 0 atom stereocenters. The minimum Gasteiger partial charge on any atom is -1.00 e. The Kier molecular flexibility index (Phi) is 21.6. The predicted octanol–water partition coefficient (Wildman–Crippen LogP) is -2.11. The largest absolute Gasteiger partial charge is 2.00 e. The number of halogens is 1. The molecule has 0 aliphatic rings. The fraction of sp³-hybridized carbons (Fsp3) is 1.00. The van der Waals surface area contributed by atoms with E-state index in [1.165, 1.54) is 12.8 Å². The first-order valence-electron chi connectivity index (χ1n) is 5.05. The van der Waals surface area contributed by atoms with Gasteiger partial charge in [-0.25, -0.2) is 0 Å². The summed E-state index contributed by atoms with van der Waals surface area (Å²) in [6.07, 6.45) is 2.38. The van der Waals surface area contributed by atoms with Gasteiger partial charge in [-0.3, -0.25) is 0 Å². The molecule has 0 unspecified atom stereocenters. The van der Waals surface area contributed by atoms with Crippen LogP contribution in [0.2, 0.25) is 0 Å². The van der Waals surface area contributed by atoms with Crippen LogP contribution in [0.25, 0.3) is 5.32 Å². The molecular formula is C10H24BrMgN3. The molecule has 0 aromatic rings. The second kappa shape index (κ2) is 15.1. The van der Waals surface area contributed by atoms with Crippen molar-refractivity contribution in [3.8, 4) is 0 Å². The van der Waals surface area contributed by atoms with Crippen molar-refractivity contribution in [2.24, 2.45) is 0 Å². The molecule has 0 aliphatic heterocycles. The van der Waals surface area contributed by atoms with E-state index in [1.807, 2.05) is 0 Å². The zero-order valence-corrected chi connectivity index (χ0v) is 13.7. The van der Waals surface area contributed by atoms with Gasteiger partial charge in [-0.05, 0) is 41.3 Å². The number of nitrogens with zero attached hydrogens (tertiary/aromatic N) is 3. The van der Waals surface area contributed by atoms with Crippen molar-refractivity contribution >= 4 is 23.1 Å². The van der Waals surface area contributed by atoms with Crippen LogP contribution in [-0.4, -0.2) is 87.2 Å². The predicted molar refractivity (Wildman–Crippen MR) is 65.2 cm³/mol. The third-order valence-corrected chi connectivity index (χ3v) is 1.84. The van der Waals surface area contributed by atoms with Gasteiger partial charge >= 0.3 is 23.1 Å². The first kappa shape index (κ1) is 21.4. The first-order valence-corrected chi connectivity index (χ1v) is 5.05. The molecule has 0 heterocycles. The van der Waals surface area contributed by atoms with Crippen LogP contribution >= 0.6 is 0 Å². The zero-order valence-electron chi connectivity index (χ0n) is 10.7. The van der Waals surface area contributed by atoms with Crippen molar-refractivity contribution in [3.05, 3.63) is 5.32 Å². The molecule has 0 rings (SSSR count). The summed E-state index contributed by atoms with van der Waals surface area (Å²) in [6, 6.07) is 0. The third-order valence-electron chi connectivity index (χ3n) is 1.84. The third kappa shape index (κ3) is 21.1. The summed E-state index contributed by atoms with van der Waals surface area (Å²) < 4.78 is 0. The molecule has 15 heavy (non-hydrogen) atoms. The molecule has 0 radical (unpaired) electrons. The Balaban J connectivity index is -0.000000720. The summed E-state index contributed by atoms with van der Waals surface area (Å²) in [7, 11) is 8.41. The minimum atomic E-state index is 0. The van der Waals surface area contributed by atoms with Crippen LogP contribution in [0, 0.1) is 0 Å². The summed E-state index contributed by atoms with van der Waals surface area (Å²) in [4.78, 5) is 4.41. The van der Waals surface area contributed by atoms with Crippen LogP contribution in [0.4, 0.5) is 0 Å². The Bertz CT molecular complexity index is 101. The van der Waals surface area contributed by atoms with Crippen LogP contribution < -0.4 is 17.0 Å². The van der Waals surface area contributed by atoms with Gasteiger partial charge in [0.2, 0.25) is 0 Å². The molecule has 0 N–H and O–H groups in total. The Morgan fingerprint density at radius 3 is 1.40 bits per heavy atom.